The number of hydrogen-bond donors (Lipinski definition) is 3. The van der Waals surface area contributed by atoms with E-state index in [2.05, 4.69) is 15.7 Å². The number of carbonyl (C=O) groups excluding carboxylic acids is 3. The van der Waals surface area contributed by atoms with Crippen LogP contribution in [0.4, 0.5) is 4.39 Å². The van der Waals surface area contributed by atoms with Gasteiger partial charge in [0.25, 0.3) is 0 Å². The molecule has 5 atom stereocenters. The predicted octanol–water partition coefficient (Wildman–Crippen LogP) is 3.84. The molecular weight excluding hydrogens is 626 g/mol. The first kappa shape index (κ1) is 32.7. The summed E-state index contributed by atoms with van der Waals surface area (Å²) in [5, 5.41) is 3.08. The van der Waals surface area contributed by atoms with Gasteiger partial charge in [-0.3, -0.25) is 25.2 Å². The molecule has 2 aromatic rings. The highest BCUT2D eigenvalue weighted by Crippen LogP contribution is 2.37. The van der Waals surface area contributed by atoms with Crippen molar-refractivity contribution in [1.29, 1.82) is 0 Å². The summed E-state index contributed by atoms with van der Waals surface area (Å²) in [6, 6.07) is 3.11. The second kappa shape index (κ2) is 14.9. The fraction of sp³-hybridized carbons (Fsp3) is 0.360. The number of benzene rings is 1. The Bertz CT molecular complexity index is 1300. The van der Waals surface area contributed by atoms with Crippen LogP contribution in [0.25, 0.3) is 5.70 Å². The first-order chi connectivity index (χ1) is 19.4. The molecule has 1 saturated heterocycles. The monoisotopic (exact) mass is 650 g/mol. The Labute approximate surface area is 254 Å². The Morgan fingerprint density at radius 3 is 2.34 bits per heavy atom. The lowest BCUT2D eigenvalue weighted by atomic mass is 9.96. The molecule has 0 aliphatic carbocycles. The molecule has 1 fully saturated rings. The van der Waals surface area contributed by atoms with E-state index in [0.29, 0.717) is 9.92 Å². The number of ether oxygens (including phenoxy) is 4. The van der Waals surface area contributed by atoms with Crippen LogP contribution in [0.3, 0.4) is 0 Å². The zero-order chi connectivity index (χ0) is 30.3. The Hall–Kier alpha value is -2.81. The van der Waals surface area contributed by atoms with Gasteiger partial charge in [0, 0.05) is 49.8 Å². The van der Waals surface area contributed by atoms with Crippen molar-refractivity contribution in [3.63, 3.8) is 0 Å². The SMILES string of the molecule is CC(=O)OCC1O[C@H](Sc2cncc(Cl)c2)C(OC(C)=O)C(N/C=C(\NN)c2cc(F)c(Cl)c(Cl)c2)[C@H]1OC(C)=O. The third-order valence-corrected chi connectivity index (χ3v) is 7.60. The number of carbonyl (C=O) groups is 3. The number of rotatable bonds is 10. The molecule has 11 nitrogen and oxygen atoms in total. The van der Waals surface area contributed by atoms with Crippen molar-refractivity contribution in [1.82, 2.24) is 15.7 Å². The normalized spacial score (nSPS) is 22.4. The van der Waals surface area contributed by atoms with Gasteiger partial charge in [-0.2, -0.15) is 0 Å². The highest BCUT2D eigenvalue weighted by atomic mass is 35.5. The van der Waals surface area contributed by atoms with Gasteiger partial charge in [-0.25, -0.2) is 4.39 Å². The number of pyridine rings is 1. The van der Waals surface area contributed by atoms with Gasteiger partial charge in [-0.1, -0.05) is 46.6 Å². The summed E-state index contributed by atoms with van der Waals surface area (Å²) in [5.41, 5.74) is 1.87. The van der Waals surface area contributed by atoms with Crippen LogP contribution in [0, 0.1) is 5.82 Å². The molecule has 3 rings (SSSR count). The van der Waals surface area contributed by atoms with Crippen LogP contribution in [0.5, 0.6) is 0 Å². The van der Waals surface area contributed by atoms with E-state index in [-0.39, 0.29) is 27.9 Å². The molecule has 41 heavy (non-hydrogen) atoms. The Morgan fingerprint density at radius 2 is 1.76 bits per heavy atom. The van der Waals surface area contributed by atoms with Crippen molar-refractivity contribution >= 4 is 70.2 Å². The Balaban J connectivity index is 2.08. The molecule has 3 unspecified atom stereocenters. The van der Waals surface area contributed by atoms with Gasteiger partial charge in [-0.05, 0) is 18.2 Å². The summed E-state index contributed by atoms with van der Waals surface area (Å²) in [4.78, 5) is 40.6. The van der Waals surface area contributed by atoms with Crippen molar-refractivity contribution < 1.29 is 37.7 Å². The molecule has 1 aromatic heterocycles. The molecule has 0 amide bonds. The number of nitrogens with zero attached hydrogens (tertiary/aromatic N) is 1. The number of thioether (sulfide) groups is 1. The first-order valence-electron chi connectivity index (χ1n) is 11.9. The van der Waals surface area contributed by atoms with Crippen molar-refractivity contribution in [3.8, 4) is 0 Å². The number of hydrazine groups is 1. The third kappa shape index (κ3) is 9.09. The molecule has 16 heteroatoms. The maximum Gasteiger partial charge on any atom is 0.303 e. The van der Waals surface area contributed by atoms with Crippen LogP contribution in [0.2, 0.25) is 15.1 Å². The van der Waals surface area contributed by atoms with Gasteiger partial charge >= 0.3 is 17.9 Å². The van der Waals surface area contributed by atoms with Gasteiger partial charge in [0.1, 0.15) is 30.0 Å². The van der Waals surface area contributed by atoms with Crippen LogP contribution < -0.4 is 16.6 Å². The molecule has 0 radical (unpaired) electrons. The molecule has 2 heterocycles. The summed E-state index contributed by atoms with van der Waals surface area (Å²) < 4.78 is 36.9. The summed E-state index contributed by atoms with van der Waals surface area (Å²) in [7, 11) is 0. The molecule has 0 saturated carbocycles. The number of nitrogens with one attached hydrogen (secondary N) is 2. The lowest BCUT2D eigenvalue weighted by molar-refractivity contribution is -0.203. The number of halogens is 4. The quantitative estimate of drug-likeness (QED) is 0.113. The number of nitrogens with two attached hydrogens (primary N) is 1. The van der Waals surface area contributed by atoms with E-state index in [4.69, 9.17) is 59.6 Å². The standard InChI is InChI=1S/C25H26Cl3FN4O7S/c1-11(34)37-10-20-23(38-12(2)35)22(32-9-19(33-30)14-4-17(27)21(28)18(29)5-14)24(39-13(3)36)25(40-20)41-16-6-15(26)7-31-8-16/h4-9,20,22-25,32-33H,10,30H2,1-3H3/b19-9-/t20?,22?,23-,24?,25+/m0/s1. The molecule has 1 aliphatic rings. The maximum absolute atomic E-state index is 14.3. The zero-order valence-corrected chi connectivity index (χ0v) is 24.9. The zero-order valence-electron chi connectivity index (χ0n) is 21.9. The van der Waals surface area contributed by atoms with E-state index in [1.165, 1.54) is 45.4 Å². The van der Waals surface area contributed by atoms with Gasteiger partial charge in [0.05, 0.1) is 20.8 Å². The average Bonchev–Trinajstić information content (AvgIpc) is 2.88. The van der Waals surface area contributed by atoms with Crippen LogP contribution in [-0.4, -0.2) is 59.3 Å². The summed E-state index contributed by atoms with van der Waals surface area (Å²) in [6.07, 6.45) is 1.07. The van der Waals surface area contributed by atoms with E-state index in [1.54, 1.807) is 6.07 Å². The molecule has 222 valence electrons. The third-order valence-electron chi connectivity index (χ3n) is 5.51. The lowest BCUT2D eigenvalue weighted by Gasteiger charge is -2.45. The predicted molar refractivity (Wildman–Crippen MR) is 150 cm³/mol. The second-order valence-corrected chi connectivity index (χ2v) is 11.0. The second-order valence-electron chi connectivity index (χ2n) is 8.60. The molecule has 0 spiro atoms. The fourth-order valence-corrected chi connectivity index (χ4v) is 5.58. The van der Waals surface area contributed by atoms with Crippen molar-refractivity contribution in [2.45, 2.75) is 55.5 Å². The van der Waals surface area contributed by atoms with E-state index in [9.17, 15) is 18.8 Å². The maximum atomic E-state index is 14.3. The van der Waals surface area contributed by atoms with E-state index in [0.717, 1.165) is 17.8 Å². The minimum atomic E-state index is -1.15. The van der Waals surface area contributed by atoms with E-state index in [1.807, 2.05) is 0 Å². The average molecular weight is 652 g/mol. The number of hydrogen-bond acceptors (Lipinski definition) is 12. The highest BCUT2D eigenvalue weighted by Gasteiger charge is 2.50. The minimum absolute atomic E-state index is 0.0579. The molecule has 4 N–H and O–H groups in total. The summed E-state index contributed by atoms with van der Waals surface area (Å²) in [5.74, 6) is 2.98. The van der Waals surface area contributed by atoms with Crippen molar-refractivity contribution in [2.24, 2.45) is 5.84 Å². The van der Waals surface area contributed by atoms with Crippen LogP contribution in [0.1, 0.15) is 26.3 Å². The Morgan fingerprint density at radius 1 is 1.07 bits per heavy atom. The largest absolute Gasteiger partial charge is 0.463 e. The van der Waals surface area contributed by atoms with Gasteiger partial charge in [0.15, 0.2) is 12.2 Å². The summed E-state index contributed by atoms with van der Waals surface area (Å²) >= 11 is 19.1. The van der Waals surface area contributed by atoms with E-state index < -0.39 is 53.5 Å². The van der Waals surface area contributed by atoms with Crippen molar-refractivity contribution in [3.05, 3.63) is 63.2 Å². The molecule has 0 bridgehead atoms. The van der Waals surface area contributed by atoms with Gasteiger partial charge in [0.2, 0.25) is 0 Å². The lowest BCUT2D eigenvalue weighted by Crippen LogP contribution is -2.64. The number of esters is 3. The smallest absolute Gasteiger partial charge is 0.303 e. The minimum Gasteiger partial charge on any atom is -0.463 e. The molecule has 1 aromatic carbocycles. The van der Waals surface area contributed by atoms with E-state index >= 15 is 0 Å². The number of aromatic nitrogens is 1. The molecule has 1 aliphatic heterocycles. The highest BCUT2D eigenvalue weighted by molar-refractivity contribution is 7.99. The van der Waals surface area contributed by atoms with Crippen LogP contribution >= 0.6 is 46.6 Å². The van der Waals surface area contributed by atoms with Crippen LogP contribution in [-0.2, 0) is 33.3 Å². The van der Waals surface area contributed by atoms with Gasteiger partial charge in [-0.15, -0.1) is 0 Å². The molecular formula is C25H26Cl3FN4O7S. The van der Waals surface area contributed by atoms with Gasteiger partial charge < -0.3 is 29.7 Å². The summed E-state index contributed by atoms with van der Waals surface area (Å²) in [6.45, 7) is 3.29. The Kier molecular flexibility index (Phi) is 11.9. The van der Waals surface area contributed by atoms with Crippen molar-refractivity contribution in [2.75, 3.05) is 6.61 Å². The fourth-order valence-electron chi connectivity index (χ4n) is 3.88. The topological polar surface area (TPSA) is 151 Å². The van der Waals surface area contributed by atoms with Crippen LogP contribution in [0.15, 0.2) is 41.7 Å². The first-order valence-corrected chi connectivity index (χ1v) is 13.9.